The molecule has 0 fully saturated rings. The fourth-order valence-corrected chi connectivity index (χ4v) is 7.50. The van der Waals surface area contributed by atoms with Gasteiger partial charge in [0.2, 0.25) is 0 Å². The lowest BCUT2D eigenvalue weighted by atomic mass is 9.84. The second-order valence-electron chi connectivity index (χ2n) is 12.2. The van der Waals surface area contributed by atoms with Crippen LogP contribution in [0.25, 0.3) is 77.9 Å². The molecule has 1 aliphatic heterocycles. The van der Waals surface area contributed by atoms with Crippen molar-refractivity contribution in [3.05, 3.63) is 174 Å². The minimum absolute atomic E-state index is 0.124. The van der Waals surface area contributed by atoms with E-state index in [9.17, 15) is 5.48 Å². The van der Waals surface area contributed by atoms with Gasteiger partial charge in [-0.25, -0.2) is 0 Å². The minimum Gasteiger partial charge on any atom is -0.485 e. The number of rotatable bonds is 3. The highest BCUT2D eigenvalue weighted by Gasteiger charge is 2.33. The van der Waals surface area contributed by atoms with Crippen molar-refractivity contribution in [1.82, 2.24) is 0 Å². The molecule has 2 aliphatic rings. The summed E-state index contributed by atoms with van der Waals surface area (Å²) in [5, 5.41) is 5.02. The van der Waals surface area contributed by atoms with Gasteiger partial charge in [0.05, 0.1) is 11.0 Å². The summed E-state index contributed by atoms with van der Waals surface area (Å²) in [6.07, 6.45) is 4.05. The molecule has 0 radical (unpaired) electrons. The van der Waals surface area contributed by atoms with Crippen LogP contribution in [0.3, 0.4) is 0 Å². The van der Waals surface area contributed by atoms with E-state index in [4.69, 9.17) is 10.2 Å². The number of hydrogen-bond donors (Lipinski definition) is 0. The number of ether oxygens (including phenoxy) is 1. The maximum absolute atomic E-state index is 9.40. The number of fused-ring (bicyclic) bond motifs is 7. The lowest BCUT2D eigenvalue weighted by Gasteiger charge is -2.19. The first-order chi connectivity index (χ1) is 26.6. The van der Waals surface area contributed by atoms with Crippen LogP contribution in [0.15, 0.2) is 158 Å². The van der Waals surface area contributed by atoms with E-state index < -0.39 is 24.2 Å². The molecule has 47 heavy (non-hydrogen) atoms. The molecule has 8 aromatic rings. The van der Waals surface area contributed by atoms with Crippen molar-refractivity contribution in [2.24, 2.45) is 0 Å². The SMILES string of the molecule is [2H]c1c([2H])c([2H])c2c(-c3ccc4c(c3)C3C=c5ccccc5=CC3O4)c3c([2H])c([2H])c([2H])c([2H])c3c(-c3cccc(-c4cccc5ccccc45)c3)c2c1[2H]. The van der Waals surface area contributed by atoms with E-state index in [0.29, 0.717) is 28.0 Å². The molecule has 1 heterocycles. The molecule has 1 heteroatoms. The van der Waals surface area contributed by atoms with Crippen LogP contribution in [0.2, 0.25) is 0 Å². The monoisotopic (exact) mass is 606 g/mol. The maximum Gasteiger partial charge on any atom is 0.128 e. The highest BCUT2D eigenvalue weighted by molar-refractivity contribution is 6.21. The van der Waals surface area contributed by atoms with E-state index >= 15 is 0 Å². The van der Waals surface area contributed by atoms with Crippen LogP contribution in [0.4, 0.5) is 0 Å². The summed E-state index contributed by atoms with van der Waals surface area (Å²) in [4.78, 5) is 0. The fraction of sp³-hybridized carbons (Fsp3) is 0.0435. The van der Waals surface area contributed by atoms with Gasteiger partial charge in [-0.15, -0.1) is 0 Å². The molecule has 1 aliphatic carbocycles. The quantitative estimate of drug-likeness (QED) is 0.182. The molecule has 0 N–H and O–H groups in total. The van der Waals surface area contributed by atoms with E-state index in [-0.39, 0.29) is 57.7 Å². The maximum atomic E-state index is 9.40. The summed E-state index contributed by atoms with van der Waals surface area (Å²) in [6.45, 7) is 0. The number of benzene rings is 8. The number of hydrogen-bond acceptors (Lipinski definition) is 1. The molecule has 1 nitrogen and oxygen atoms in total. The largest absolute Gasteiger partial charge is 0.485 e. The molecule has 8 aromatic carbocycles. The van der Waals surface area contributed by atoms with Gasteiger partial charge < -0.3 is 4.74 Å². The van der Waals surface area contributed by atoms with Crippen molar-refractivity contribution in [1.29, 1.82) is 0 Å². The van der Waals surface area contributed by atoms with Crippen LogP contribution >= 0.6 is 0 Å². The predicted octanol–water partition coefficient (Wildman–Crippen LogP) is 10.3. The molecule has 2 atom stereocenters. The summed E-state index contributed by atoms with van der Waals surface area (Å²) in [5.41, 5.74) is 4.50. The smallest absolute Gasteiger partial charge is 0.128 e. The lowest BCUT2D eigenvalue weighted by molar-refractivity contribution is 0.288. The van der Waals surface area contributed by atoms with Crippen molar-refractivity contribution >= 4 is 44.5 Å². The van der Waals surface area contributed by atoms with Crippen LogP contribution in [0.1, 0.15) is 22.4 Å². The molecule has 10 rings (SSSR count). The Labute approximate surface area is 284 Å². The van der Waals surface area contributed by atoms with Gasteiger partial charge in [-0.2, -0.15) is 0 Å². The Morgan fingerprint density at radius 2 is 1.09 bits per heavy atom. The Morgan fingerprint density at radius 3 is 1.83 bits per heavy atom. The molecule has 0 saturated carbocycles. The molecule has 0 bridgehead atoms. The Kier molecular flexibility index (Phi) is 4.29. The third-order valence-electron chi connectivity index (χ3n) is 9.60. The molecule has 0 amide bonds. The third kappa shape index (κ3) is 4.10. The highest BCUT2D eigenvalue weighted by atomic mass is 16.5. The second-order valence-corrected chi connectivity index (χ2v) is 12.2. The Morgan fingerprint density at radius 1 is 0.489 bits per heavy atom. The lowest BCUT2D eigenvalue weighted by Crippen LogP contribution is -2.34. The average molecular weight is 607 g/mol. The van der Waals surface area contributed by atoms with Crippen LogP contribution in [0, 0.1) is 0 Å². The Balaban J connectivity index is 1.33. The van der Waals surface area contributed by atoms with Crippen molar-refractivity contribution in [2.75, 3.05) is 0 Å². The molecular weight excluding hydrogens is 569 g/mol. The van der Waals surface area contributed by atoms with E-state index in [1.807, 2.05) is 91.0 Å². The predicted molar refractivity (Wildman–Crippen MR) is 197 cm³/mol. The van der Waals surface area contributed by atoms with E-state index in [0.717, 1.165) is 37.9 Å². The Bertz CT molecular complexity index is 3050. The molecular formula is C46H30O. The zero-order valence-corrected chi connectivity index (χ0v) is 25.1. The second kappa shape index (κ2) is 10.3. The van der Waals surface area contributed by atoms with E-state index in [1.165, 1.54) is 0 Å². The van der Waals surface area contributed by atoms with Crippen molar-refractivity contribution in [2.45, 2.75) is 12.0 Å². The highest BCUT2D eigenvalue weighted by Crippen LogP contribution is 2.47. The molecule has 0 spiro atoms. The van der Waals surface area contributed by atoms with Gasteiger partial charge in [-0.3, -0.25) is 0 Å². The summed E-state index contributed by atoms with van der Waals surface area (Å²) in [7, 11) is 0. The van der Waals surface area contributed by atoms with Crippen molar-refractivity contribution in [3.63, 3.8) is 0 Å². The van der Waals surface area contributed by atoms with Crippen LogP contribution in [-0.2, 0) is 0 Å². The molecule has 0 saturated heterocycles. The average Bonchev–Trinajstić information content (AvgIpc) is 3.57. The molecule has 2 unspecified atom stereocenters. The first-order valence-electron chi connectivity index (χ1n) is 19.8. The molecule has 220 valence electrons. The normalized spacial score (nSPS) is 18.6. The standard InChI is InChI=1S/C46H30O/c1-2-13-31-28-44-42(26-30(31)12-1)41-27-34(23-24-43(41)47-44)46-39-20-7-5-18-37(39)45(38-19-6-8-21-40(38)46)33-16-9-15-32(25-33)36-22-10-14-29-11-3-4-17-35(29)36/h1-28,42,44H/i5D,6D,7D,8D,18D,19D,20D,21D. The topological polar surface area (TPSA) is 9.23 Å². The van der Waals surface area contributed by atoms with Gasteiger partial charge in [0.1, 0.15) is 11.9 Å². The summed E-state index contributed by atoms with van der Waals surface area (Å²) in [5.74, 6) is 0.569. The van der Waals surface area contributed by atoms with Crippen molar-refractivity contribution < 1.29 is 15.7 Å². The van der Waals surface area contributed by atoms with Gasteiger partial charge in [-0.05, 0) is 100 Å². The van der Waals surface area contributed by atoms with E-state index in [2.05, 4.69) is 30.4 Å². The zero-order chi connectivity index (χ0) is 37.9. The zero-order valence-electron chi connectivity index (χ0n) is 33.1. The van der Waals surface area contributed by atoms with Gasteiger partial charge in [0.15, 0.2) is 0 Å². The van der Waals surface area contributed by atoms with Gasteiger partial charge in [-0.1, -0.05) is 145 Å². The summed E-state index contributed by atoms with van der Waals surface area (Å²) < 4.78 is 79.4. The van der Waals surface area contributed by atoms with Gasteiger partial charge in [0.25, 0.3) is 0 Å². The van der Waals surface area contributed by atoms with Crippen LogP contribution in [0.5, 0.6) is 5.75 Å². The third-order valence-corrected chi connectivity index (χ3v) is 9.60. The minimum atomic E-state index is -0.425. The summed E-state index contributed by atoms with van der Waals surface area (Å²) in [6, 6.07) is 32.7. The summed E-state index contributed by atoms with van der Waals surface area (Å²) >= 11 is 0. The Hall–Kier alpha value is -5.92. The van der Waals surface area contributed by atoms with Gasteiger partial charge in [0, 0.05) is 11.5 Å². The van der Waals surface area contributed by atoms with Gasteiger partial charge >= 0.3 is 0 Å². The first kappa shape index (κ1) is 19.6. The fourth-order valence-electron chi connectivity index (χ4n) is 7.50. The van der Waals surface area contributed by atoms with E-state index in [1.54, 1.807) is 0 Å². The molecule has 0 aromatic heterocycles. The van der Waals surface area contributed by atoms with Crippen LogP contribution in [-0.4, -0.2) is 6.10 Å². The first-order valence-corrected chi connectivity index (χ1v) is 15.8. The van der Waals surface area contributed by atoms with Crippen molar-refractivity contribution in [3.8, 4) is 39.1 Å². The van der Waals surface area contributed by atoms with Crippen LogP contribution < -0.4 is 15.2 Å².